The van der Waals surface area contributed by atoms with E-state index >= 15 is 0 Å². The SMILES string of the molecule is C=C(S/C(=C\C)CC)N1CCCC1.CC(=O)c1cc[nH]c1.Cc1ccc(C)cc1. The van der Waals surface area contributed by atoms with Crippen LogP contribution in [-0.4, -0.2) is 28.8 Å². The number of aromatic nitrogens is 1. The molecular formula is C25H36N2OS. The monoisotopic (exact) mass is 412 g/mol. The Morgan fingerprint density at radius 1 is 1.14 bits per heavy atom. The number of nitrogens with zero attached hydrogens (tertiary/aromatic N) is 1. The maximum atomic E-state index is 10.5. The molecule has 0 spiro atoms. The number of hydrogen-bond acceptors (Lipinski definition) is 3. The van der Waals surface area contributed by atoms with Crippen molar-refractivity contribution in [3.63, 3.8) is 0 Å². The highest BCUT2D eigenvalue weighted by Gasteiger charge is 2.13. The first kappa shape index (κ1) is 24.8. The second kappa shape index (κ2) is 13.9. The molecule has 2 heterocycles. The summed E-state index contributed by atoms with van der Waals surface area (Å²) >= 11 is 1.83. The van der Waals surface area contributed by atoms with Crippen LogP contribution in [0.1, 0.15) is 61.5 Å². The molecule has 1 saturated heterocycles. The van der Waals surface area contributed by atoms with Gasteiger partial charge in [0, 0.05) is 31.0 Å². The van der Waals surface area contributed by atoms with Crippen LogP contribution in [0.4, 0.5) is 0 Å². The molecule has 0 saturated carbocycles. The summed E-state index contributed by atoms with van der Waals surface area (Å²) in [6.45, 7) is 16.6. The molecule has 1 aliphatic rings. The highest BCUT2D eigenvalue weighted by Crippen LogP contribution is 2.30. The Labute approximate surface area is 181 Å². The van der Waals surface area contributed by atoms with Crippen molar-refractivity contribution >= 4 is 17.5 Å². The van der Waals surface area contributed by atoms with E-state index in [2.05, 4.69) is 74.5 Å². The second-order valence-corrected chi connectivity index (χ2v) is 8.31. The Morgan fingerprint density at radius 3 is 2.03 bits per heavy atom. The van der Waals surface area contributed by atoms with Gasteiger partial charge in [0.2, 0.25) is 0 Å². The molecule has 0 aliphatic carbocycles. The van der Waals surface area contributed by atoms with Gasteiger partial charge in [-0.15, -0.1) is 0 Å². The fourth-order valence-electron chi connectivity index (χ4n) is 2.70. The molecule has 3 nitrogen and oxygen atoms in total. The summed E-state index contributed by atoms with van der Waals surface area (Å²) in [5.74, 6) is 0.103. The van der Waals surface area contributed by atoms with Gasteiger partial charge >= 0.3 is 0 Å². The molecule has 0 atom stereocenters. The standard InChI is InChI=1S/C11H19NS.C8H10.C6H7NO/c1-4-11(5-2)13-10(3)12-8-6-7-9-12;1-7-3-5-8(2)6-4-7;1-5(8)6-2-3-7-4-6/h4H,3,5-9H2,1-2H3;3-6H,1-2H3;2-4,7H,1H3/b11-4-;;. The largest absolute Gasteiger partial charge is 0.367 e. The Bertz CT molecular complexity index is 734. The van der Waals surface area contributed by atoms with E-state index in [9.17, 15) is 4.79 Å². The Balaban J connectivity index is 0.000000228. The lowest BCUT2D eigenvalue weighted by Gasteiger charge is -2.20. The van der Waals surface area contributed by atoms with Crippen LogP contribution in [0.15, 0.2) is 65.3 Å². The number of rotatable bonds is 5. The third-order valence-electron chi connectivity index (χ3n) is 4.60. The lowest BCUT2D eigenvalue weighted by molar-refractivity contribution is 0.101. The fraction of sp³-hybridized carbons (Fsp3) is 0.400. The molecule has 0 radical (unpaired) electrons. The molecule has 1 aromatic carbocycles. The molecule has 1 fully saturated rings. The number of aryl methyl sites for hydroxylation is 2. The number of ketones is 1. The zero-order valence-corrected chi connectivity index (χ0v) is 19.4. The number of benzene rings is 1. The van der Waals surface area contributed by atoms with Crippen molar-refractivity contribution in [3.8, 4) is 0 Å². The van der Waals surface area contributed by atoms with Crippen molar-refractivity contribution < 1.29 is 4.79 Å². The first-order chi connectivity index (χ1) is 13.9. The molecule has 1 aromatic heterocycles. The summed E-state index contributed by atoms with van der Waals surface area (Å²) in [7, 11) is 0. The molecule has 2 aromatic rings. The second-order valence-electron chi connectivity index (χ2n) is 7.11. The van der Waals surface area contributed by atoms with Crippen LogP contribution in [0.25, 0.3) is 0 Å². The number of aromatic amines is 1. The number of H-pyrrole nitrogens is 1. The smallest absolute Gasteiger partial charge is 0.161 e. The number of carbonyl (C=O) groups excluding carboxylic acids is 1. The number of allylic oxidation sites excluding steroid dienone is 2. The van der Waals surface area contributed by atoms with Crippen molar-refractivity contribution in [3.05, 3.63) is 82.0 Å². The number of thioether (sulfide) groups is 1. The molecule has 3 rings (SSSR count). The van der Waals surface area contributed by atoms with Gasteiger partial charge in [0.25, 0.3) is 0 Å². The van der Waals surface area contributed by atoms with Crippen LogP contribution in [0.3, 0.4) is 0 Å². The van der Waals surface area contributed by atoms with Crippen molar-refractivity contribution in [2.24, 2.45) is 0 Å². The Morgan fingerprint density at radius 2 is 1.69 bits per heavy atom. The summed E-state index contributed by atoms with van der Waals surface area (Å²) in [6.07, 6.45) is 9.38. The number of Topliss-reactive ketones (excluding diaryl/α,β-unsaturated/α-hetero) is 1. The zero-order chi connectivity index (χ0) is 21.6. The minimum atomic E-state index is 0.103. The van der Waals surface area contributed by atoms with Crippen LogP contribution in [0.5, 0.6) is 0 Å². The maximum absolute atomic E-state index is 10.5. The number of nitrogens with one attached hydrogen (secondary N) is 1. The van der Waals surface area contributed by atoms with E-state index in [4.69, 9.17) is 0 Å². The van der Waals surface area contributed by atoms with Gasteiger partial charge in [-0.25, -0.2) is 0 Å². The summed E-state index contributed by atoms with van der Waals surface area (Å²) in [5.41, 5.74) is 3.40. The van der Waals surface area contributed by atoms with E-state index in [0.29, 0.717) is 0 Å². The number of carbonyl (C=O) groups is 1. The topological polar surface area (TPSA) is 36.1 Å². The third kappa shape index (κ3) is 10.2. The third-order valence-corrected chi connectivity index (χ3v) is 5.88. The van der Waals surface area contributed by atoms with E-state index in [1.54, 1.807) is 25.4 Å². The molecular weight excluding hydrogens is 376 g/mol. The first-order valence-electron chi connectivity index (χ1n) is 10.3. The Hall–Kier alpha value is -2.20. The van der Waals surface area contributed by atoms with Gasteiger partial charge in [-0.3, -0.25) is 4.79 Å². The van der Waals surface area contributed by atoms with Gasteiger partial charge in [-0.05, 0) is 57.9 Å². The Kier molecular flexibility index (Phi) is 11.9. The average molecular weight is 413 g/mol. The van der Waals surface area contributed by atoms with Gasteiger partial charge in [0.05, 0.1) is 5.03 Å². The summed E-state index contributed by atoms with van der Waals surface area (Å²) in [5, 5.41) is 1.23. The lowest BCUT2D eigenvalue weighted by atomic mass is 10.2. The maximum Gasteiger partial charge on any atom is 0.161 e. The predicted molar refractivity (Wildman–Crippen MR) is 128 cm³/mol. The minimum absolute atomic E-state index is 0.103. The van der Waals surface area contributed by atoms with Crippen LogP contribution in [0, 0.1) is 13.8 Å². The van der Waals surface area contributed by atoms with Gasteiger partial charge in [-0.2, -0.15) is 0 Å². The van der Waals surface area contributed by atoms with E-state index in [1.165, 1.54) is 47.0 Å². The molecule has 4 heteroatoms. The number of likely N-dealkylation sites (tertiary alicyclic amines) is 1. The van der Waals surface area contributed by atoms with Gasteiger partial charge in [-0.1, -0.05) is 66.7 Å². The molecule has 1 N–H and O–H groups in total. The van der Waals surface area contributed by atoms with Crippen LogP contribution < -0.4 is 0 Å². The molecule has 1 aliphatic heterocycles. The predicted octanol–water partition coefficient (Wildman–Crippen LogP) is 7.12. The van der Waals surface area contributed by atoms with Gasteiger partial charge < -0.3 is 9.88 Å². The minimum Gasteiger partial charge on any atom is -0.367 e. The highest BCUT2D eigenvalue weighted by molar-refractivity contribution is 8.06. The van der Waals surface area contributed by atoms with Crippen molar-refractivity contribution in [1.29, 1.82) is 0 Å². The molecule has 29 heavy (non-hydrogen) atoms. The summed E-state index contributed by atoms with van der Waals surface area (Å²) in [6, 6.07) is 10.2. The molecule has 0 amide bonds. The first-order valence-corrected chi connectivity index (χ1v) is 11.1. The molecule has 0 bridgehead atoms. The zero-order valence-electron chi connectivity index (χ0n) is 18.6. The van der Waals surface area contributed by atoms with Crippen LogP contribution >= 0.6 is 11.8 Å². The summed E-state index contributed by atoms with van der Waals surface area (Å²) < 4.78 is 0. The number of hydrogen-bond donors (Lipinski definition) is 1. The van der Waals surface area contributed by atoms with Gasteiger partial charge in [0.1, 0.15) is 0 Å². The van der Waals surface area contributed by atoms with Crippen molar-refractivity contribution in [2.75, 3.05) is 13.1 Å². The molecule has 158 valence electrons. The lowest BCUT2D eigenvalue weighted by Crippen LogP contribution is -2.15. The fourth-order valence-corrected chi connectivity index (χ4v) is 3.57. The summed E-state index contributed by atoms with van der Waals surface area (Å²) in [4.78, 5) is 17.1. The van der Waals surface area contributed by atoms with Crippen LogP contribution in [-0.2, 0) is 0 Å². The van der Waals surface area contributed by atoms with E-state index in [0.717, 1.165) is 12.0 Å². The quantitative estimate of drug-likeness (QED) is 0.531. The van der Waals surface area contributed by atoms with Gasteiger partial charge in [0.15, 0.2) is 5.78 Å². The van der Waals surface area contributed by atoms with Crippen molar-refractivity contribution in [1.82, 2.24) is 9.88 Å². The molecule has 0 unspecified atom stereocenters. The van der Waals surface area contributed by atoms with E-state index in [-0.39, 0.29) is 5.78 Å². The average Bonchev–Trinajstić information content (AvgIpc) is 3.43. The van der Waals surface area contributed by atoms with E-state index in [1.807, 2.05) is 11.8 Å². The normalized spacial score (nSPS) is 13.1. The van der Waals surface area contributed by atoms with E-state index < -0.39 is 0 Å². The van der Waals surface area contributed by atoms with Crippen molar-refractivity contribution in [2.45, 2.75) is 53.9 Å². The highest BCUT2D eigenvalue weighted by atomic mass is 32.2. The van der Waals surface area contributed by atoms with Crippen LogP contribution in [0.2, 0.25) is 0 Å².